The van der Waals surface area contributed by atoms with Gasteiger partial charge in [0.15, 0.2) is 0 Å². The fraction of sp³-hybridized carbons (Fsp3) is 0.412. The second-order valence-corrected chi connectivity index (χ2v) is 6.11. The van der Waals surface area contributed by atoms with Crippen LogP contribution in [0.3, 0.4) is 0 Å². The highest BCUT2D eigenvalue weighted by molar-refractivity contribution is 6.01. The van der Waals surface area contributed by atoms with E-state index in [1.165, 1.54) is 6.42 Å². The fourth-order valence-electron chi connectivity index (χ4n) is 3.08. The van der Waals surface area contributed by atoms with Gasteiger partial charge in [-0.1, -0.05) is 24.6 Å². The van der Waals surface area contributed by atoms with E-state index in [1.54, 1.807) is 0 Å². The van der Waals surface area contributed by atoms with Crippen LogP contribution >= 0.6 is 0 Å². The molecule has 4 nitrogen and oxygen atoms in total. The van der Waals surface area contributed by atoms with Gasteiger partial charge in [-0.2, -0.15) is 0 Å². The highest BCUT2D eigenvalue weighted by Crippen LogP contribution is 2.43. The van der Waals surface area contributed by atoms with Crippen LogP contribution in [0.2, 0.25) is 0 Å². The Hall–Kier alpha value is -1.94. The van der Waals surface area contributed by atoms with Crippen LogP contribution in [0.15, 0.2) is 30.3 Å². The van der Waals surface area contributed by atoms with Crippen LogP contribution in [0.4, 0.5) is 5.69 Å². The number of anilines is 1. The molecule has 0 spiro atoms. The number of rotatable bonds is 4. The number of hydrogen-bond acceptors (Lipinski definition) is 3. The van der Waals surface area contributed by atoms with E-state index in [0.717, 1.165) is 35.1 Å². The molecule has 0 unspecified atom stereocenters. The number of pyridine rings is 1. The van der Waals surface area contributed by atoms with E-state index in [2.05, 4.69) is 10.3 Å². The third kappa shape index (κ3) is 2.76. The van der Waals surface area contributed by atoms with Gasteiger partial charge < -0.3 is 11.1 Å². The lowest BCUT2D eigenvalue weighted by Crippen LogP contribution is -2.40. The summed E-state index contributed by atoms with van der Waals surface area (Å²) in [4.78, 5) is 16.8. The number of nitrogens with one attached hydrogen (secondary N) is 1. The number of aryl methyl sites for hydroxylation is 1. The first kappa shape index (κ1) is 14.0. The minimum absolute atomic E-state index is 0.0297. The molecule has 2 aromatic rings. The largest absolute Gasteiger partial charge is 0.330 e. The normalized spacial score (nSPS) is 16.5. The molecule has 1 fully saturated rings. The summed E-state index contributed by atoms with van der Waals surface area (Å²) in [6.45, 7) is 2.53. The summed E-state index contributed by atoms with van der Waals surface area (Å²) < 4.78 is 0. The highest BCUT2D eigenvalue weighted by Gasteiger charge is 2.37. The number of benzene rings is 1. The number of carbonyl (C=O) groups excluding carboxylic acids is 1. The first-order chi connectivity index (χ1) is 10.1. The Labute approximate surface area is 124 Å². The third-order valence-electron chi connectivity index (χ3n) is 4.50. The lowest BCUT2D eigenvalue weighted by Gasteiger charge is -2.40. The van der Waals surface area contributed by atoms with Gasteiger partial charge in [-0.15, -0.1) is 0 Å². The minimum Gasteiger partial charge on any atom is -0.330 e. The summed E-state index contributed by atoms with van der Waals surface area (Å²) >= 11 is 0. The smallest absolute Gasteiger partial charge is 0.224 e. The van der Waals surface area contributed by atoms with Crippen molar-refractivity contribution in [2.75, 3.05) is 11.9 Å². The molecule has 1 aliphatic carbocycles. The van der Waals surface area contributed by atoms with Gasteiger partial charge in [-0.3, -0.25) is 9.78 Å². The molecule has 1 aromatic heterocycles. The standard InChI is InChI=1S/C17H21N3O/c1-12-9-15(13-5-2-3-6-14(13)19-12)20-16(21)10-17(11-18)7-4-8-17/h2-3,5-6,9H,4,7-8,10-11,18H2,1H3,(H,19,20,21). The monoisotopic (exact) mass is 283 g/mol. The molecular formula is C17H21N3O. The van der Waals surface area contributed by atoms with E-state index in [-0.39, 0.29) is 11.3 Å². The zero-order chi connectivity index (χ0) is 14.9. The molecule has 21 heavy (non-hydrogen) atoms. The summed E-state index contributed by atoms with van der Waals surface area (Å²) in [6.07, 6.45) is 3.82. The summed E-state index contributed by atoms with van der Waals surface area (Å²) in [5.74, 6) is 0.0518. The second kappa shape index (κ2) is 5.45. The van der Waals surface area contributed by atoms with Gasteiger partial charge in [-0.05, 0) is 43.9 Å². The van der Waals surface area contributed by atoms with Crippen LogP contribution < -0.4 is 11.1 Å². The zero-order valence-electron chi connectivity index (χ0n) is 12.4. The number of nitrogens with two attached hydrogens (primary N) is 1. The van der Waals surface area contributed by atoms with Crippen LogP contribution in [-0.2, 0) is 4.79 Å². The van der Waals surface area contributed by atoms with Crippen LogP contribution in [0, 0.1) is 12.3 Å². The third-order valence-corrected chi connectivity index (χ3v) is 4.50. The number of carbonyl (C=O) groups is 1. The summed E-state index contributed by atoms with van der Waals surface area (Å²) in [7, 11) is 0. The maximum Gasteiger partial charge on any atom is 0.224 e. The Bertz CT molecular complexity index is 671. The van der Waals surface area contributed by atoms with Crippen molar-refractivity contribution in [3.63, 3.8) is 0 Å². The number of fused-ring (bicyclic) bond motifs is 1. The molecule has 4 heteroatoms. The summed E-state index contributed by atoms with van der Waals surface area (Å²) in [6, 6.07) is 9.79. The van der Waals surface area contributed by atoms with Gasteiger partial charge >= 0.3 is 0 Å². The number of amides is 1. The van der Waals surface area contributed by atoms with E-state index in [1.807, 2.05) is 37.3 Å². The van der Waals surface area contributed by atoms with Crippen molar-refractivity contribution in [2.45, 2.75) is 32.6 Å². The highest BCUT2D eigenvalue weighted by atomic mass is 16.1. The van der Waals surface area contributed by atoms with E-state index in [0.29, 0.717) is 13.0 Å². The Balaban J connectivity index is 1.83. The van der Waals surface area contributed by atoms with E-state index < -0.39 is 0 Å². The molecule has 110 valence electrons. The van der Waals surface area contributed by atoms with Crippen molar-refractivity contribution in [3.8, 4) is 0 Å². The Morgan fingerprint density at radius 3 is 2.81 bits per heavy atom. The molecule has 0 saturated heterocycles. The van der Waals surface area contributed by atoms with Crippen molar-refractivity contribution in [1.29, 1.82) is 0 Å². The van der Waals surface area contributed by atoms with Crippen LogP contribution in [0.5, 0.6) is 0 Å². The molecule has 1 amide bonds. The first-order valence-electron chi connectivity index (χ1n) is 7.48. The fourth-order valence-corrected chi connectivity index (χ4v) is 3.08. The predicted octanol–water partition coefficient (Wildman–Crippen LogP) is 3.00. The Kier molecular flexibility index (Phi) is 3.64. The van der Waals surface area contributed by atoms with Gasteiger partial charge in [0, 0.05) is 17.5 Å². The zero-order valence-corrected chi connectivity index (χ0v) is 12.4. The lowest BCUT2D eigenvalue weighted by molar-refractivity contribution is -0.119. The molecule has 1 aromatic carbocycles. The molecule has 0 aliphatic heterocycles. The minimum atomic E-state index is 0.0297. The molecule has 0 radical (unpaired) electrons. The molecular weight excluding hydrogens is 262 g/mol. The van der Waals surface area contributed by atoms with Crippen molar-refractivity contribution >= 4 is 22.5 Å². The Morgan fingerprint density at radius 2 is 2.14 bits per heavy atom. The summed E-state index contributed by atoms with van der Waals surface area (Å²) in [5.41, 5.74) is 8.52. The summed E-state index contributed by atoms with van der Waals surface area (Å²) in [5, 5.41) is 4.03. The van der Waals surface area contributed by atoms with E-state index in [9.17, 15) is 4.79 Å². The van der Waals surface area contributed by atoms with Crippen molar-refractivity contribution in [2.24, 2.45) is 11.1 Å². The van der Waals surface area contributed by atoms with Gasteiger partial charge in [0.25, 0.3) is 0 Å². The van der Waals surface area contributed by atoms with E-state index >= 15 is 0 Å². The number of hydrogen-bond donors (Lipinski definition) is 2. The van der Waals surface area contributed by atoms with Crippen LogP contribution in [-0.4, -0.2) is 17.4 Å². The second-order valence-electron chi connectivity index (χ2n) is 6.11. The number of para-hydroxylation sites is 1. The lowest BCUT2D eigenvalue weighted by atomic mass is 9.66. The molecule has 0 atom stereocenters. The molecule has 0 bridgehead atoms. The quantitative estimate of drug-likeness (QED) is 0.906. The van der Waals surface area contributed by atoms with Crippen molar-refractivity contribution < 1.29 is 4.79 Å². The van der Waals surface area contributed by atoms with Gasteiger partial charge in [0.05, 0.1) is 11.2 Å². The van der Waals surface area contributed by atoms with Crippen LogP contribution in [0.25, 0.3) is 10.9 Å². The maximum absolute atomic E-state index is 12.3. The van der Waals surface area contributed by atoms with Crippen molar-refractivity contribution in [3.05, 3.63) is 36.0 Å². The van der Waals surface area contributed by atoms with E-state index in [4.69, 9.17) is 5.73 Å². The molecule has 3 N–H and O–H groups in total. The topological polar surface area (TPSA) is 68.0 Å². The molecule has 1 heterocycles. The molecule has 1 saturated carbocycles. The van der Waals surface area contributed by atoms with Gasteiger partial charge in [-0.25, -0.2) is 0 Å². The van der Waals surface area contributed by atoms with Gasteiger partial charge in [0.2, 0.25) is 5.91 Å². The van der Waals surface area contributed by atoms with Gasteiger partial charge in [0.1, 0.15) is 0 Å². The Morgan fingerprint density at radius 1 is 1.38 bits per heavy atom. The predicted molar refractivity (Wildman–Crippen MR) is 85.1 cm³/mol. The molecule has 1 aliphatic rings. The average Bonchev–Trinajstić information content (AvgIpc) is 2.42. The SMILES string of the molecule is Cc1cc(NC(=O)CC2(CN)CCC2)c2ccccc2n1. The first-order valence-corrected chi connectivity index (χ1v) is 7.48. The van der Waals surface area contributed by atoms with Crippen molar-refractivity contribution in [1.82, 2.24) is 4.98 Å². The molecule has 3 rings (SSSR count). The number of aromatic nitrogens is 1. The van der Waals surface area contributed by atoms with Crippen LogP contribution in [0.1, 0.15) is 31.4 Å². The number of nitrogens with zero attached hydrogens (tertiary/aromatic N) is 1. The maximum atomic E-state index is 12.3. The average molecular weight is 283 g/mol.